The van der Waals surface area contributed by atoms with Crippen LogP contribution in [0, 0.1) is 0 Å². The molecule has 8 heteroatoms. The molecule has 2 aromatic carbocycles. The first kappa shape index (κ1) is 23.8. The van der Waals surface area contributed by atoms with E-state index in [1.54, 1.807) is 24.4 Å². The van der Waals surface area contributed by atoms with Gasteiger partial charge in [-0.25, -0.2) is 0 Å². The number of hydrogen-bond acceptors (Lipinski definition) is 6. The molecule has 1 fully saturated rings. The number of nitrogens with two attached hydrogens (primary N) is 1. The Morgan fingerprint density at radius 3 is 2.18 bits per heavy atom. The molecule has 0 spiro atoms. The Hall–Kier alpha value is -3.36. The predicted octanol–water partition coefficient (Wildman–Crippen LogP) is 3.95. The van der Waals surface area contributed by atoms with Gasteiger partial charge in [0.2, 0.25) is 0 Å². The fourth-order valence-electron chi connectivity index (χ4n) is 3.62. The Labute approximate surface area is 201 Å². The standard InChI is InChI=1S/C26H31BN4O3/c1-25(2)26(3,4)34-27(33-25)19-10-14-22(29-16-19)18-9-13-21(28)23(15-18)30-24(32)17-7-11-20(12-8-17)31(5)6/h7-16H,28H2,1-6H3,(H,30,32). The summed E-state index contributed by atoms with van der Waals surface area (Å²) < 4.78 is 12.2. The number of anilines is 3. The molecule has 0 unspecified atom stereocenters. The lowest BCUT2D eigenvalue weighted by Crippen LogP contribution is -2.41. The van der Waals surface area contributed by atoms with Crippen LogP contribution in [0.1, 0.15) is 38.1 Å². The van der Waals surface area contributed by atoms with Crippen molar-refractivity contribution in [3.8, 4) is 11.3 Å². The van der Waals surface area contributed by atoms with Crippen LogP contribution in [-0.2, 0) is 9.31 Å². The zero-order valence-electron chi connectivity index (χ0n) is 20.5. The Morgan fingerprint density at radius 2 is 1.62 bits per heavy atom. The molecule has 0 atom stereocenters. The summed E-state index contributed by atoms with van der Waals surface area (Å²) in [5, 5.41) is 2.91. The minimum absolute atomic E-state index is 0.224. The number of rotatable bonds is 5. The number of hydrogen-bond donors (Lipinski definition) is 2. The van der Waals surface area contributed by atoms with Crippen LogP contribution in [0.2, 0.25) is 0 Å². The van der Waals surface area contributed by atoms with Gasteiger partial charge in [-0.05, 0) is 70.2 Å². The van der Waals surface area contributed by atoms with Crippen LogP contribution in [0.4, 0.5) is 17.1 Å². The topological polar surface area (TPSA) is 89.7 Å². The summed E-state index contributed by atoms with van der Waals surface area (Å²) in [6.45, 7) is 8.09. The largest absolute Gasteiger partial charge is 0.496 e. The van der Waals surface area contributed by atoms with Crippen LogP contribution in [-0.4, -0.2) is 43.3 Å². The predicted molar refractivity (Wildman–Crippen MR) is 139 cm³/mol. The molecule has 1 aliphatic heterocycles. The van der Waals surface area contributed by atoms with E-state index in [2.05, 4.69) is 10.3 Å². The van der Waals surface area contributed by atoms with Crippen LogP contribution in [0.15, 0.2) is 60.8 Å². The number of amides is 1. The quantitative estimate of drug-likeness (QED) is 0.445. The van der Waals surface area contributed by atoms with Crippen molar-refractivity contribution in [3.63, 3.8) is 0 Å². The molecule has 1 aromatic heterocycles. The molecule has 0 saturated carbocycles. The lowest BCUT2D eigenvalue weighted by molar-refractivity contribution is 0.00578. The van der Waals surface area contributed by atoms with Gasteiger partial charge in [0.15, 0.2) is 0 Å². The van der Waals surface area contributed by atoms with Crippen molar-refractivity contribution in [2.45, 2.75) is 38.9 Å². The molecule has 0 bridgehead atoms. The lowest BCUT2D eigenvalue weighted by atomic mass is 9.80. The van der Waals surface area contributed by atoms with E-state index in [0.29, 0.717) is 16.9 Å². The number of carbonyl (C=O) groups excluding carboxylic acids is 1. The van der Waals surface area contributed by atoms with Crippen LogP contribution >= 0.6 is 0 Å². The third-order valence-corrected chi connectivity index (χ3v) is 6.55. The Kier molecular flexibility index (Phi) is 6.14. The molecular formula is C26H31BN4O3. The van der Waals surface area contributed by atoms with Gasteiger partial charge in [-0.2, -0.15) is 0 Å². The Balaban J connectivity index is 1.51. The van der Waals surface area contributed by atoms with Gasteiger partial charge >= 0.3 is 7.12 Å². The second kappa shape index (κ2) is 8.78. The van der Waals surface area contributed by atoms with Gasteiger partial charge in [0.1, 0.15) is 0 Å². The van der Waals surface area contributed by atoms with Crippen LogP contribution in [0.3, 0.4) is 0 Å². The van der Waals surface area contributed by atoms with Crippen LogP contribution < -0.4 is 21.4 Å². The number of benzene rings is 2. The summed E-state index contributed by atoms with van der Waals surface area (Å²) >= 11 is 0. The smallest absolute Gasteiger partial charge is 0.399 e. The molecule has 0 aliphatic carbocycles. The van der Waals surface area contributed by atoms with Gasteiger partial charge in [-0.1, -0.05) is 12.1 Å². The molecule has 1 aliphatic rings. The summed E-state index contributed by atoms with van der Waals surface area (Å²) in [6, 6.07) is 16.7. The second-order valence-electron chi connectivity index (χ2n) is 9.76. The Bertz CT molecular complexity index is 1180. The first-order valence-corrected chi connectivity index (χ1v) is 11.3. The van der Waals surface area contributed by atoms with Crippen molar-refractivity contribution in [3.05, 3.63) is 66.4 Å². The zero-order chi connectivity index (χ0) is 24.7. The molecular weight excluding hydrogens is 427 g/mol. The summed E-state index contributed by atoms with van der Waals surface area (Å²) in [5.74, 6) is -0.224. The maximum absolute atomic E-state index is 12.8. The SMILES string of the molecule is CN(C)c1ccc(C(=O)Nc2cc(-c3ccc(B4OC(C)(C)C(C)(C)O4)cn3)ccc2N)cc1. The third kappa shape index (κ3) is 4.65. The van der Waals surface area contributed by atoms with Crippen molar-refractivity contribution in [1.82, 2.24) is 4.98 Å². The van der Waals surface area contributed by atoms with E-state index in [4.69, 9.17) is 15.0 Å². The van der Waals surface area contributed by atoms with Crippen LogP contribution in [0.5, 0.6) is 0 Å². The fraction of sp³-hybridized carbons (Fsp3) is 0.308. The van der Waals surface area contributed by atoms with E-state index in [1.807, 2.05) is 83.1 Å². The Morgan fingerprint density at radius 1 is 0.971 bits per heavy atom. The molecule has 176 valence electrons. The van der Waals surface area contributed by atoms with Crippen molar-refractivity contribution in [2.75, 3.05) is 30.0 Å². The highest BCUT2D eigenvalue weighted by Crippen LogP contribution is 2.36. The minimum atomic E-state index is -0.466. The number of nitrogen functional groups attached to an aromatic ring is 1. The van der Waals surface area contributed by atoms with E-state index in [9.17, 15) is 4.79 Å². The summed E-state index contributed by atoms with van der Waals surface area (Å²) in [4.78, 5) is 19.4. The number of nitrogens with one attached hydrogen (secondary N) is 1. The third-order valence-electron chi connectivity index (χ3n) is 6.55. The maximum atomic E-state index is 12.8. The molecule has 34 heavy (non-hydrogen) atoms. The maximum Gasteiger partial charge on any atom is 0.496 e. The molecule has 3 aromatic rings. The van der Waals surface area contributed by atoms with Gasteiger partial charge in [-0.15, -0.1) is 0 Å². The first-order valence-electron chi connectivity index (χ1n) is 11.3. The monoisotopic (exact) mass is 458 g/mol. The first-order chi connectivity index (χ1) is 16.0. The number of nitrogens with zero attached hydrogens (tertiary/aromatic N) is 2. The van der Waals surface area contributed by atoms with Crippen molar-refractivity contribution >= 4 is 35.6 Å². The highest BCUT2D eigenvalue weighted by Gasteiger charge is 2.51. The van der Waals surface area contributed by atoms with E-state index in [0.717, 1.165) is 22.4 Å². The highest BCUT2D eigenvalue weighted by molar-refractivity contribution is 6.62. The summed E-state index contributed by atoms with van der Waals surface area (Å²) in [7, 11) is 3.45. The average molecular weight is 458 g/mol. The zero-order valence-corrected chi connectivity index (χ0v) is 20.5. The second-order valence-corrected chi connectivity index (χ2v) is 9.76. The van der Waals surface area contributed by atoms with Gasteiger partial charge in [-0.3, -0.25) is 9.78 Å². The molecule has 2 heterocycles. The van der Waals surface area contributed by atoms with Crippen LogP contribution in [0.25, 0.3) is 11.3 Å². The minimum Gasteiger partial charge on any atom is -0.399 e. The van der Waals surface area contributed by atoms with Gasteiger partial charge in [0, 0.05) is 42.6 Å². The normalized spacial score (nSPS) is 16.4. The van der Waals surface area contributed by atoms with Crippen molar-refractivity contribution < 1.29 is 14.1 Å². The van der Waals surface area contributed by atoms with Crippen molar-refractivity contribution in [1.29, 1.82) is 0 Å². The highest BCUT2D eigenvalue weighted by atomic mass is 16.7. The summed E-state index contributed by atoms with van der Waals surface area (Å²) in [6.07, 6.45) is 1.76. The van der Waals surface area contributed by atoms with Gasteiger partial charge in [0.25, 0.3) is 5.91 Å². The molecule has 4 rings (SSSR count). The molecule has 3 N–H and O–H groups in total. The van der Waals surface area contributed by atoms with E-state index in [-0.39, 0.29) is 5.91 Å². The molecule has 7 nitrogen and oxygen atoms in total. The van der Waals surface area contributed by atoms with Gasteiger partial charge < -0.3 is 25.3 Å². The number of pyridine rings is 1. The molecule has 1 saturated heterocycles. The lowest BCUT2D eigenvalue weighted by Gasteiger charge is -2.32. The molecule has 0 radical (unpaired) electrons. The van der Waals surface area contributed by atoms with Gasteiger partial charge in [0.05, 0.1) is 28.3 Å². The molecule has 1 amide bonds. The van der Waals surface area contributed by atoms with Crippen molar-refractivity contribution in [2.24, 2.45) is 0 Å². The fourth-order valence-corrected chi connectivity index (χ4v) is 3.62. The average Bonchev–Trinajstić information content (AvgIpc) is 3.02. The number of carbonyl (C=O) groups is 1. The van der Waals surface area contributed by atoms with E-state index in [1.165, 1.54) is 0 Å². The van der Waals surface area contributed by atoms with E-state index < -0.39 is 18.3 Å². The number of aromatic nitrogens is 1. The van der Waals surface area contributed by atoms with E-state index >= 15 is 0 Å². The summed E-state index contributed by atoms with van der Waals surface area (Å²) in [5.41, 5.74) is 10.4.